The summed E-state index contributed by atoms with van der Waals surface area (Å²) in [7, 11) is 3.69. The van der Waals surface area contributed by atoms with Gasteiger partial charge in [-0.3, -0.25) is 4.79 Å². The third-order valence-corrected chi connectivity index (χ3v) is 3.11. The van der Waals surface area contributed by atoms with Gasteiger partial charge >= 0.3 is 0 Å². The number of nitrogens with zero attached hydrogens (tertiary/aromatic N) is 6. The Labute approximate surface area is 147 Å². The van der Waals surface area contributed by atoms with Gasteiger partial charge in [0.1, 0.15) is 6.33 Å². The molecule has 8 heteroatoms. The van der Waals surface area contributed by atoms with Crippen LogP contribution < -0.4 is 0 Å². The molecule has 1 atom stereocenters. The summed E-state index contributed by atoms with van der Waals surface area (Å²) >= 11 is 0. The first-order valence-corrected chi connectivity index (χ1v) is 8.35. The van der Waals surface area contributed by atoms with Gasteiger partial charge in [0.15, 0.2) is 28.6 Å². The maximum atomic E-state index is 13.3. The maximum Gasteiger partial charge on any atom is 0.193 e. The number of halogens is 1. The van der Waals surface area contributed by atoms with Crippen LogP contribution in [0, 0.1) is 0 Å². The van der Waals surface area contributed by atoms with E-state index in [-0.39, 0.29) is 6.42 Å². The lowest BCUT2D eigenvalue weighted by atomic mass is 10.2. The minimum absolute atomic E-state index is 0.0809. The number of hydrogen-bond acceptors (Lipinski definition) is 5. The summed E-state index contributed by atoms with van der Waals surface area (Å²) in [4.78, 5) is 29.8. The van der Waals surface area contributed by atoms with Gasteiger partial charge in [0.25, 0.3) is 0 Å². The second-order valence-corrected chi connectivity index (χ2v) is 4.94. The van der Waals surface area contributed by atoms with Crippen molar-refractivity contribution in [2.75, 3.05) is 14.1 Å². The molecule has 0 saturated heterocycles. The Bertz CT molecular complexity index is 766. The molecule has 7 nitrogen and oxygen atoms in total. The van der Waals surface area contributed by atoms with Gasteiger partial charge in [0, 0.05) is 20.5 Å². The Morgan fingerprint density at radius 3 is 2.48 bits per heavy atom. The van der Waals surface area contributed by atoms with E-state index in [4.69, 9.17) is 0 Å². The zero-order valence-electron chi connectivity index (χ0n) is 15.6. The van der Waals surface area contributed by atoms with Crippen LogP contribution >= 0.6 is 0 Å². The molecule has 1 aliphatic rings. The fraction of sp³-hybridized carbons (Fsp3) is 0.471. The molecule has 0 aromatic carbocycles. The van der Waals surface area contributed by atoms with Crippen LogP contribution in [0.1, 0.15) is 40.2 Å². The fourth-order valence-electron chi connectivity index (χ4n) is 2.13. The van der Waals surface area contributed by atoms with E-state index in [1.165, 1.54) is 18.7 Å². The minimum Gasteiger partial charge on any atom is -0.369 e. The number of rotatable bonds is 3. The van der Waals surface area contributed by atoms with Gasteiger partial charge in [-0.2, -0.15) is 0 Å². The van der Waals surface area contributed by atoms with E-state index < -0.39 is 17.7 Å². The standard InChI is InChI=1S/C13H13FN6O.2C2H6/c1-19(2)6-18-12-11-13(16-5-15-12)20(7-17-11)8-3-9(14)10(21)4-8;2*1-2/h3,5-8H,4H2,1-2H3;2*1-2H3/b18-6-;;/t8-;;/m0../s1. The van der Waals surface area contributed by atoms with Crippen LogP contribution in [-0.4, -0.2) is 50.6 Å². The van der Waals surface area contributed by atoms with Crippen molar-refractivity contribution in [1.82, 2.24) is 24.4 Å². The predicted octanol–water partition coefficient (Wildman–Crippen LogP) is 3.47. The number of allylic oxidation sites excluding steroid dienone is 2. The number of hydrogen-bond donors (Lipinski definition) is 0. The van der Waals surface area contributed by atoms with E-state index in [2.05, 4.69) is 19.9 Å². The highest BCUT2D eigenvalue weighted by Crippen LogP contribution is 2.30. The SMILES string of the molecule is CC.CC.CN(C)/C=N\c1ncnc2c1ncn2[C@H]1C=C(F)C(=O)C1. The Morgan fingerprint density at radius 2 is 1.92 bits per heavy atom. The van der Waals surface area contributed by atoms with E-state index in [0.29, 0.717) is 17.0 Å². The van der Waals surface area contributed by atoms with Crippen molar-refractivity contribution in [3.63, 3.8) is 0 Å². The highest BCUT2D eigenvalue weighted by atomic mass is 19.1. The molecule has 0 bridgehead atoms. The molecule has 3 rings (SSSR count). The van der Waals surface area contributed by atoms with Gasteiger partial charge in [0.05, 0.1) is 18.7 Å². The average Bonchev–Trinajstić information content (AvgIpc) is 3.20. The molecule has 1 aliphatic carbocycles. The molecule has 0 unspecified atom stereocenters. The number of aliphatic imine (C=N–C) groups is 1. The fourth-order valence-corrected chi connectivity index (χ4v) is 2.13. The van der Waals surface area contributed by atoms with Crippen LogP contribution in [0.4, 0.5) is 10.2 Å². The summed E-state index contributed by atoms with van der Waals surface area (Å²) in [6.45, 7) is 8.00. The zero-order chi connectivity index (χ0) is 19.0. The van der Waals surface area contributed by atoms with Gasteiger partial charge in [-0.25, -0.2) is 24.3 Å². The third kappa shape index (κ3) is 4.68. The number of ketones is 1. The van der Waals surface area contributed by atoms with Crippen LogP contribution in [0.15, 0.2) is 29.5 Å². The van der Waals surface area contributed by atoms with E-state index in [1.54, 1.807) is 15.8 Å². The maximum absolute atomic E-state index is 13.3. The quantitative estimate of drug-likeness (QED) is 0.627. The summed E-state index contributed by atoms with van der Waals surface area (Å²) in [5.74, 6) is -0.773. The minimum atomic E-state index is -0.707. The molecule has 0 spiro atoms. The van der Waals surface area contributed by atoms with Crippen LogP contribution in [-0.2, 0) is 4.79 Å². The van der Waals surface area contributed by atoms with Gasteiger partial charge in [-0.1, -0.05) is 27.7 Å². The Kier molecular flexibility index (Phi) is 7.84. The molecule has 0 amide bonds. The van der Waals surface area contributed by atoms with Crippen molar-refractivity contribution in [3.05, 3.63) is 24.6 Å². The second-order valence-electron chi connectivity index (χ2n) is 4.94. The van der Waals surface area contributed by atoms with Crippen molar-refractivity contribution in [2.24, 2.45) is 4.99 Å². The molecule has 2 aromatic heterocycles. The molecule has 0 saturated carbocycles. The lowest BCUT2D eigenvalue weighted by Crippen LogP contribution is -2.07. The normalized spacial score (nSPS) is 16.2. The number of fused-ring (bicyclic) bond motifs is 1. The first-order valence-electron chi connectivity index (χ1n) is 8.35. The van der Waals surface area contributed by atoms with Crippen molar-refractivity contribution in [1.29, 1.82) is 0 Å². The number of imidazole rings is 1. The smallest absolute Gasteiger partial charge is 0.193 e. The van der Waals surface area contributed by atoms with Crippen LogP contribution in [0.3, 0.4) is 0 Å². The van der Waals surface area contributed by atoms with Gasteiger partial charge in [-0.15, -0.1) is 0 Å². The summed E-state index contributed by atoms with van der Waals surface area (Å²) < 4.78 is 14.9. The van der Waals surface area contributed by atoms with Crippen molar-refractivity contribution in [2.45, 2.75) is 40.2 Å². The molecule has 136 valence electrons. The monoisotopic (exact) mass is 348 g/mol. The third-order valence-electron chi connectivity index (χ3n) is 3.11. The number of aromatic nitrogens is 4. The highest BCUT2D eigenvalue weighted by Gasteiger charge is 2.27. The lowest BCUT2D eigenvalue weighted by molar-refractivity contribution is -0.116. The molecule has 0 aliphatic heterocycles. The summed E-state index contributed by atoms with van der Waals surface area (Å²) in [5.41, 5.74) is 1.04. The molecule has 25 heavy (non-hydrogen) atoms. The van der Waals surface area contributed by atoms with E-state index in [0.717, 1.165) is 0 Å². The Morgan fingerprint density at radius 1 is 1.24 bits per heavy atom. The first-order chi connectivity index (χ1) is 12.1. The largest absolute Gasteiger partial charge is 0.369 e. The zero-order valence-corrected chi connectivity index (χ0v) is 15.6. The molecular formula is C17H25FN6O. The summed E-state index contributed by atoms with van der Waals surface area (Å²) in [5, 5.41) is 0. The van der Waals surface area contributed by atoms with E-state index in [9.17, 15) is 9.18 Å². The number of carbonyl (C=O) groups excluding carboxylic acids is 1. The van der Waals surface area contributed by atoms with E-state index in [1.807, 2.05) is 41.8 Å². The molecule has 0 fully saturated rings. The molecule has 2 heterocycles. The molecule has 0 radical (unpaired) electrons. The lowest BCUT2D eigenvalue weighted by Gasteiger charge is -2.08. The first kappa shape index (κ1) is 20.4. The topological polar surface area (TPSA) is 76.3 Å². The summed E-state index contributed by atoms with van der Waals surface area (Å²) in [6, 6.07) is -0.400. The Balaban J connectivity index is 0.000000730. The van der Waals surface area contributed by atoms with E-state index >= 15 is 0 Å². The predicted molar refractivity (Wildman–Crippen MR) is 97.7 cm³/mol. The van der Waals surface area contributed by atoms with Gasteiger partial charge < -0.3 is 9.47 Å². The summed E-state index contributed by atoms with van der Waals surface area (Å²) in [6.07, 6.45) is 5.88. The Hall–Kier alpha value is -2.64. The molecule has 2 aromatic rings. The highest BCUT2D eigenvalue weighted by molar-refractivity contribution is 5.96. The van der Waals surface area contributed by atoms with Crippen LogP contribution in [0.5, 0.6) is 0 Å². The van der Waals surface area contributed by atoms with Crippen LogP contribution in [0.25, 0.3) is 11.2 Å². The number of Topliss-reactive ketones (excluding diaryl/α,β-unsaturated/α-hetero) is 1. The van der Waals surface area contributed by atoms with Crippen molar-refractivity contribution >= 4 is 29.1 Å². The molecular weight excluding hydrogens is 323 g/mol. The van der Waals surface area contributed by atoms with Gasteiger partial charge in [-0.05, 0) is 6.08 Å². The van der Waals surface area contributed by atoms with Crippen molar-refractivity contribution in [3.8, 4) is 0 Å². The second kappa shape index (κ2) is 9.61. The van der Waals surface area contributed by atoms with Crippen LogP contribution in [0.2, 0.25) is 0 Å². The average molecular weight is 348 g/mol. The van der Waals surface area contributed by atoms with Gasteiger partial charge in [0.2, 0.25) is 0 Å². The molecule has 0 N–H and O–H groups in total. The number of carbonyl (C=O) groups is 1. The van der Waals surface area contributed by atoms with Crippen molar-refractivity contribution < 1.29 is 9.18 Å².